The summed E-state index contributed by atoms with van der Waals surface area (Å²) >= 11 is 0. The molecule has 0 saturated carbocycles. The van der Waals surface area contributed by atoms with E-state index in [0.29, 0.717) is 56.2 Å². The molecular weight excluding hydrogens is 681 g/mol. The third-order valence-electron chi connectivity index (χ3n) is 11.6. The predicted octanol–water partition coefficient (Wildman–Crippen LogP) is 5.57. The van der Waals surface area contributed by atoms with E-state index in [-0.39, 0.29) is 29.9 Å². The molecule has 3 atom stereocenters. The maximum Gasteiger partial charge on any atom is 0.255 e. The molecule has 1 unspecified atom stereocenters. The van der Waals surface area contributed by atoms with E-state index in [9.17, 15) is 24.3 Å². The zero-order chi connectivity index (χ0) is 37.2. The quantitative estimate of drug-likeness (QED) is 0.152. The van der Waals surface area contributed by atoms with E-state index in [1.54, 1.807) is 11.0 Å². The number of aryl methyl sites for hydroxylation is 1. The molecular formula is C44H46N4O6. The highest BCUT2D eigenvalue weighted by Crippen LogP contribution is 2.47. The number of imide groups is 1. The lowest BCUT2D eigenvalue weighted by Gasteiger charge is -2.36. The highest BCUT2D eigenvalue weighted by atomic mass is 16.5. The summed E-state index contributed by atoms with van der Waals surface area (Å²) in [6.45, 7) is 4.34. The number of aromatic hydroxyl groups is 1. The van der Waals surface area contributed by atoms with Gasteiger partial charge in [-0.15, -0.1) is 0 Å². The van der Waals surface area contributed by atoms with Gasteiger partial charge in [0.25, 0.3) is 5.91 Å². The van der Waals surface area contributed by atoms with E-state index in [4.69, 9.17) is 4.74 Å². The molecule has 10 nitrogen and oxygen atoms in total. The fraction of sp³-hybridized carbons (Fsp3) is 0.364. The van der Waals surface area contributed by atoms with Gasteiger partial charge in [-0.05, 0) is 102 Å². The Labute approximate surface area is 315 Å². The molecule has 8 rings (SSSR count). The topological polar surface area (TPSA) is 119 Å². The molecule has 3 amide bonds. The molecule has 2 saturated heterocycles. The van der Waals surface area contributed by atoms with Gasteiger partial charge in [-0.3, -0.25) is 29.4 Å². The summed E-state index contributed by atoms with van der Waals surface area (Å²) in [5.74, 6) is 0.972. The van der Waals surface area contributed by atoms with Gasteiger partial charge in [-0.25, -0.2) is 0 Å². The third-order valence-corrected chi connectivity index (χ3v) is 11.6. The zero-order valence-electron chi connectivity index (χ0n) is 30.4. The van der Waals surface area contributed by atoms with Crippen LogP contribution < -0.4 is 15.0 Å². The lowest BCUT2D eigenvalue weighted by atomic mass is 9.69. The molecule has 54 heavy (non-hydrogen) atoms. The number of piperazine rings is 1. The first-order valence-corrected chi connectivity index (χ1v) is 19.2. The van der Waals surface area contributed by atoms with Crippen LogP contribution in [0, 0.1) is 0 Å². The number of ketones is 1. The molecule has 4 aromatic carbocycles. The summed E-state index contributed by atoms with van der Waals surface area (Å²) in [6, 6.07) is 30.0. The second-order valence-corrected chi connectivity index (χ2v) is 15.0. The number of piperidine rings is 1. The SMILES string of the molecule is O=C(CCCOc1ccc([C@@H]2c3ccc(O)cc3CC[C@@H]2c2ccccc2)cc1)CN1CCN(c2ccc3c(c2)CN(C2CCC(=O)NC2=O)C3=O)CC1. The van der Waals surface area contributed by atoms with Crippen LogP contribution in [0.3, 0.4) is 0 Å². The Balaban J connectivity index is 0.791. The van der Waals surface area contributed by atoms with E-state index in [1.165, 1.54) is 22.3 Å². The molecule has 278 valence electrons. The predicted molar refractivity (Wildman–Crippen MR) is 205 cm³/mol. The first-order chi connectivity index (χ1) is 26.3. The molecule has 10 heteroatoms. The minimum absolute atomic E-state index is 0.167. The van der Waals surface area contributed by atoms with Crippen LogP contribution in [-0.4, -0.2) is 83.8 Å². The highest BCUT2D eigenvalue weighted by Gasteiger charge is 2.39. The fourth-order valence-electron chi connectivity index (χ4n) is 8.76. The van der Waals surface area contributed by atoms with Crippen LogP contribution in [0.25, 0.3) is 0 Å². The van der Waals surface area contributed by atoms with E-state index >= 15 is 0 Å². The largest absolute Gasteiger partial charge is 0.508 e. The second kappa shape index (κ2) is 15.5. The molecule has 0 radical (unpaired) electrons. The average Bonchev–Trinajstić information content (AvgIpc) is 3.51. The minimum Gasteiger partial charge on any atom is -0.508 e. The van der Waals surface area contributed by atoms with Crippen LogP contribution in [-0.2, 0) is 27.3 Å². The zero-order valence-corrected chi connectivity index (χ0v) is 30.4. The Morgan fingerprint density at radius 1 is 0.815 bits per heavy atom. The van der Waals surface area contributed by atoms with Crippen LogP contribution in [0.1, 0.15) is 82.1 Å². The van der Waals surface area contributed by atoms with Crippen molar-refractivity contribution in [2.75, 3.05) is 44.2 Å². The number of nitrogens with zero attached hydrogens (tertiary/aromatic N) is 3. The number of carbonyl (C=O) groups excluding carboxylic acids is 4. The molecule has 3 aliphatic heterocycles. The van der Waals surface area contributed by atoms with Gasteiger partial charge in [0.15, 0.2) is 0 Å². The third kappa shape index (κ3) is 7.48. The van der Waals surface area contributed by atoms with Gasteiger partial charge in [0, 0.05) is 62.7 Å². The number of nitrogens with one attached hydrogen (secondary N) is 1. The number of Topliss-reactive ketones (excluding diaryl/α,β-unsaturated/α-hetero) is 1. The summed E-state index contributed by atoms with van der Waals surface area (Å²) in [5, 5.41) is 12.5. The van der Waals surface area contributed by atoms with Gasteiger partial charge in [-0.1, -0.05) is 48.5 Å². The van der Waals surface area contributed by atoms with Crippen molar-refractivity contribution in [3.8, 4) is 11.5 Å². The molecule has 2 fully saturated rings. The average molecular weight is 727 g/mol. The van der Waals surface area contributed by atoms with E-state index in [2.05, 4.69) is 63.6 Å². The van der Waals surface area contributed by atoms with Crippen molar-refractivity contribution in [2.45, 2.75) is 62.9 Å². The number of hydrogen-bond donors (Lipinski definition) is 2. The van der Waals surface area contributed by atoms with E-state index in [0.717, 1.165) is 56.0 Å². The molecule has 4 aliphatic rings. The fourth-order valence-corrected chi connectivity index (χ4v) is 8.76. The van der Waals surface area contributed by atoms with Crippen LogP contribution in [0.2, 0.25) is 0 Å². The van der Waals surface area contributed by atoms with Crippen molar-refractivity contribution >= 4 is 29.2 Å². The first-order valence-electron chi connectivity index (χ1n) is 19.2. The normalized spacial score (nSPS) is 21.4. The number of hydrogen-bond acceptors (Lipinski definition) is 8. The Bertz CT molecular complexity index is 2040. The van der Waals surface area contributed by atoms with Crippen molar-refractivity contribution < 1.29 is 29.0 Å². The Morgan fingerprint density at radius 2 is 1.61 bits per heavy atom. The number of anilines is 1. The number of ether oxygens (including phenoxy) is 1. The van der Waals surface area contributed by atoms with Gasteiger partial charge >= 0.3 is 0 Å². The number of rotatable bonds is 11. The molecule has 2 N–H and O–H groups in total. The van der Waals surface area contributed by atoms with E-state index < -0.39 is 11.9 Å². The van der Waals surface area contributed by atoms with Crippen molar-refractivity contribution in [2.24, 2.45) is 0 Å². The maximum absolute atomic E-state index is 13.1. The van der Waals surface area contributed by atoms with Crippen LogP contribution in [0.15, 0.2) is 91.0 Å². The summed E-state index contributed by atoms with van der Waals surface area (Å²) in [5.41, 5.74) is 7.56. The van der Waals surface area contributed by atoms with Gasteiger partial charge < -0.3 is 19.6 Å². The van der Waals surface area contributed by atoms with Crippen molar-refractivity contribution in [3.63, 3.8) is 0 Å². The summed E-state index contributed by atoms with van der Waals surface area (Å²) in [7, 11) is 0. The smallest absolute Gasteiger partial charge is 0.255 e. The van der Waals surface area contributed by atoms with Gasteiger partial charge in [0.1, 0.15) is 23.3 Å². The van der Waals surface area contributed by atoms with Crippen molar-refractivity contribution in [1.82, 2.24) is 15.1 Å². The number of fused-ring (bicyclic) bond motifs is 2. The number of phenolic OH excluding ortho intramolecular Hbond substituents is 1. The van der Waals surface area contributed by atoms with E-state index in [1.807, 2.05) is 36.4 Å². The minimum atomic E-state index is -0.623. The number of phenols is 1. The standard InChI is InChI=1S/C44H46N4O6/c49-34-12-17-38-31(26-34)10-15-37(29-5-2-1-3-6-29)42(38)30-8-13-36(14-9-30)54-24-4-7-35(50)28-46-20-22-47(23-21-46)33-11-16-39-32(25-33)27-48(44(39)53)40-18-19-41(51)45-43(40)52/h1-3,5-6,8-9,11-14,16-17,25-26,37,40,42,49H,4,7,10,15,18-24,27-28H2,(H,45,51,52)/t37-,40?,42+/m1/s1. The molecule has 1 aliphatic carbocycles. The van der Waals surface area contributed by atoms with Crippen LogP contribution in [0.5, 0.6) is 11.5 Å². The van der Waals surface area contributed by atoms with Gasteiger partial charge in [-0.2, -0.15) is 0 Å². The Morgan fingerprint density at radius 3 is 2.39 bits per heavy atom. The van der Waals surface area contributed by atoms with Gasteiger partial charge in [0.2, 0.25) is 11.8 Å². The summed E-state index contributed by atoms with van der Waals surface area (Å²) < 4.78 is 6.07. The maximum atomic E-state index is 13.1. The Hall–Kier alpha value is -5.48. The lowest BCUT2D eigenvalue weighted by Crippen LogP contribution is -2.52. The summed E-state index contributed by atoms with van der Waals surface area (Å²) in [4.78, 5) is 56.0. The van der Waals surface area contributed by atoms with Crippen molar-refractivity contribution in [3.05, 3.63) is 124 Å². The Kier molecular flexibility index (Phi) is 10.2. The van der Waals surface area contributed by atoms with Gasteiger partial charge in [0.05, 0.1) is 13.2 Å². The molecule has 3 heterocycles. The first kappa shape index (κ1) is 35.5. The number of benzene rings is 4. The lowest BCUT2D eigenvalue weighted by molar-refractivity contribution is -0.137. The molecule has 0 spiro atoms. The highest BCUT2D eigenvalue weighted by molar-refractivity contribution is 6.05. The van der Waals surface area contributed by atoms with Crippen LogP contribution in [0.4, 0.5) is 5.69 Å². The van der Waals surface area contributed by atoms with Crippen molar-refractivity contribution in [1.29, 1.82) is 0 Å². The number of amides is 3. The van der Waals surface area contributed by atoms with Crippen LogP contribution >= 0.6 is 0 Å². The molecule has 0 bridgehead atoms. The number of carbonyl (C=O) groups is 4. The molecule has 4 aromatic rings. The molecule has 0 aromatic heterocycles. The monoisotopic (exact) mass is 726 g/mol. The second-order valence-electron chi connectivity index (χ2n) is 15.0. The summed E-state index contributed by atoms with van der Waals surface area (Å²) in [6.07, 6.45) is 3.65.